The molecule has 0 amide bonds. The minimum Gasteiger partial charge on any atom is -1.00 e. The smallest absolute Gasteiger partial charge is 1.00 e. The molecule has 17 heteroatoms. The van der Waals surface area contributed by atoms with Crippen LogP contribution in [0.25, 0.3) is 16.7 Å². The van der Waals surface area contributed by atoms with E-state index >= 15 is 0 Å². The van der Waals surface area contributed by atoms with E-state index in [1.807, 2.05) is 54.6 Å². The quantitative estimate of drug-likeness (QED) is 0.0824. The van der Waals surface area contributed by atoms with Gasteiger partial charge in [-0.15, -0.1) is 0 Å². The number of nitrogens with two attached hydrogens (primary N) is 1. The van der Waals surface area contributed by atoms with E-state index in [0.717, 1.165) is 56.8 Å². The first kappa shape index (κ1) is 81.2. The summed E-state index contributed by atoms with van der Waals surface area (Å²) in [5.41, 5.74) is 19.6. The van der Waals surface area contributed by atoms with Crippen molar-refractivity contribution in [1.82, 2.24) is 0 Å². The topological polar surface area (TPSA) is 233 Å². The minimum absolute atomic E-state index is 0. The number of benzene rings is 6. The Kier molecular flexibility index (Phi) is 29.6. The van der Waals surface area contributed by atoms with Crippen molar-refractivity contribution in [3.8, 4) is 17.9 Å². The molecule has 0 aromatic heterocycles. The maximum Gasteiger partial charge on any atom is 1.00 e. The van der Waals surface area contributed by atoms with Crippen LogP contribution in [-0.4, -0.2) is 74.6 Å². The van der Waals surface area contributed by atoms with Crippen molar-refractivity contribution in [2.45, 2.75) is 95.4 Å². The zero-order valence-corrected chi connectivity index (χ0v) is 61.5. The normalized spacial score (nSPS) is 20.6. The average Bonchev–Trinajstić information content (AvgIpc) is 0.753. The molecule has 0 bridgehead atoms. The molecule has 0 radical (unpaired) electrons. The number of hydrogen-bond acceptors (Lipinski definition) is 12. The number of ether oxygens (including phenoxy) is 1. The number of halogens is 2. The Morgan fingerprint density at radius 3 is 1.23 bits per heavy atom. The van der Waals surface area contributed by atoms with Crippen molar-refractivity contribution in [3.63, 3.8) is 0 Å². The first-order chi connectivity index (χ1) is 44.7. The van der Waals surface area contributed by atoms with Crippen LogP contribution in [-0.2, 0) is 24.0 Å². The fourth-order valence-corrected chi connectivity index (χ4v) is 14.9. The van der Waals surface area contributed by atoms with Crippen LogP contribution in [0.2, 0.25) is 0 Å². The Morgan fingerprint density at radius 1 is 0.526 bits per heavy atom. The summed E-state index contributed by atoms with van der Waals surface area (Å²) in [4.78, 5) is 59.0. The van der Waals surface area contributed by atoms with Crippen LogP contribution in [0, 0.1) is 74.8 Å². The molecule has 97 heavy (non-hydrogen) atoms. The van der Waals surface area contributed by atoms with Gasteiger partial charge < -0.3 is 42.8 Å². The van der Waals surface area contributed by atoms with Gasteiger partial charge in [0.2, 0.25) is 0 Å². The average molecular weight is 1360 g/mol. The molecule has 3 atom stereocenters. The van der Waals surface area contributed by atoms with Gasteiger partial charge in [-0.3, -0.25) is 4.79 Å². The number of aryl methyl sites for hydroxylation is 2. The second-order valence-electron chi connectivity index (χ2n) is 27.1. The Morgan fingerprint density at radius 2 is 0.866 bits per heavy atom. The molecule has 6 aromatic carbocycles. The molecule has 3 aliphatic heterocycles. The van der Waals surface area contributed by atoms with Crippen LogP contribution in [0.15, 0.2) is 199 Å². The number of allylic oxidation sites excluding steroid dienone is 6. The number of fused-ring (bicyclic) bond motifs is 3. The maximum absolute atomic E-state index is 12.1. The summed E-state index contributed by atoms with van der Waals surface area (Å²) in [7, 11) is 0. The molecule has 0 fully saturated rings. The molecular formula is C80H86ClFKN5O9. The number of rotatable bonds is 8. The van der Waals surface area contributed by atoms with E-state index in [4.69, 9.17) is 39.5 Å². The Bertz CT molecular complexity index is 4050. The molecule has 0 unspecified atom stereocenters. The second kappa shape index (κ2) is 35.4. The Hall–Kier alpha value is -8.18. The molecule has 0 saturated carbocycles. The number of carboxylic acids is 1. The molecule has 6 aromatic rings. The number of nitriles is 2. The van der Waals surface area contributed by atoms with Crippen LogP contribution in [0.1, 0.15) is 131 Å². The van der Waals surface area contributed by atoms with Crippen LogP contribution < -0.4 is 83.6 Å². The first-order valence-electron chi connectivity index (χ1n) is 31.6. The van der Waals surface area contributed by atoms with Gasteiger partial charge in [0.1, 0.15) is 11.6 Å². The van der Waals surface area contributed by atoms with Crippen LogP contribution in [0.4, 0.5) is 15.8 Å². The van der Waals surface area contributed by atoms with Crippen molar-refractivity contribution < 1.29 is 118 Å². The molecule has 0 spiro atoms. The third kappa shape index (κ3) is 19.4. The Labute approximate surface area is 619 Å². The number of hydrogen-bond donors (Lipinski definition) is 2. The van der Waals surface area contributed by atoms with Crippen molar-refractivity contribution in [2.75, 3.05) is 49.1 Å². The van der Waals surface area contributed by atoms with Crippen molar-refractivity contribution in [3.05, 3.63) is 249 Å². The molecule has 14 nitrogen and oxygen atoms in total. The fourth-order valence-electron chi connectivity index (χ4n) is 14.9. The van der Waals surface area contributed by atoms with E-state index in [-0.39, 0.29) is 114 Å². The summed E-state index contributed by atoms with van der Waals surface area (Å²) in [5, 5.41) is 28.9. The zero-order chi connectivity index (χ0) is 68.7. The zero-order valence-electron chi connectivity index (χ0n) is 57.6. The standard InChI is InChI=1S/C26H28N2.C26H27NO4.C19H25N.C7H4FN.2CO2.ClH.K.H2O/c1-19-5-9-21(10-6-19)23-13-15-26(4)18-28(16-14-24(26)25(23,2)3)22-11-7-20(17-27)8-12-22;1-25(2)22(18-6-10-21(11-7-18)31-17-28)12-14-26(3)16-27(15-13-23(25)26)20-8-4-19(5-9-20)24(29)30;1-14-5-7-15(8-6-14)16-9-11-19(4)13-20-12-10-17(19)18(16,2)3;8-7-3-1-6(5-9)2-4-7;2*2-1-3;;;/h5-14H,15-16,18H2,1-4H3;4-13,17H,14-16H2,1-3H3,(H,29,30);5-10,20H,11-13H2,1-4H3;1-4H;;;1H;;1H2/q;;;;;;;+1;/p-1/t2*26-;19-;;;;;;/m111....../s1. The summed E-state index contributed by atoms with van der Waals surface area (Å²) >= 11 is 0. The van der Waals surface area contributed by atoms with E-state index in [1.54, 1.807) is 23.3 Å². The number of anilines is 2. The summed E-state index contributed by atoms with van der Waals surface area (Å²) in [5.74, 6) is -0.676. The number of quaternary nitrogens is 1. The first-order valence-corrected chi connectivity index (χ1v) is 31.6. The van der Waals surface area contributed by atoms with Gasteiger partial charge in [-0.1, -0.05) is 176 Å². The second-order valence-corrected chi connectivity index (χ2v) is 27.1. The predicted molar refractivity (Wildman–Crippen MR) is 367 cm³/mol. The van der Waals surface area contributed by atoms with Crippen molar-refractivity contribution in [2.24, 2.45) is 32.5 Å². The van der Waals surface area contributed by atoms with Gasteiger partial charge in [-0.05, 0) is 163 Å². The minimum atomic E-state index is -0.906. The summed E-state index contributed by atoms with van der Waals surface area (Å²) < 4.78 is 17.0. The van der Waals surface area contributed by atoms with Gasteiger partial charge in [0.15, 0.2) is 0 Å². The predicted octanol–water partition coefficient (Wildman–Crippen LogP) is 9.00. The van der Waals surface area contributed by atoms with E-state index in [1.165, 1.54) is 87.5 Å². The van der Waals surface area contributed by atoms with Crippen LogP contribution in [0.5, 0.6) is 5.75 Å². The monoisotopic (exact) mass is 1350 g/mol. The molecule has 3 heterocycles. The van der Waals surface area contributed by atoms with Gasteiger partial charge in [0.25, 0.3) is 6.47 Å². The van der Waals surface area contributed by atoms with Crippen LogP contribution in [0.3, 0.4) is 0 Å². The molecular weight excluding hydrogens is 1270 g/mol. The maximum atomic E-state index is 12.1. The largest absolute Gasteiger partial charge is 1.00 e. The number of nitrogens with zero attached hydrogens (tertiary/aromatic N) is 4. The summed E-state index contributed by atoms with van der Waals surface area (Å²) in [6.45, 7) is 31.9. The van der Waals surface area contributed by atoms with Crippen molar-refractivity contribution in [1.29, 1.82) is 10.5 Å². The molecule has 4 N–H and O–H groups in total. The number of aromatic carboxylic acids is 1. The Balaban J connectivity index is 0.000000279. The third-order valence-corrected chi connectivity index (χ3v) is 19.3. The molecule has 6 aliphatic rings. The third-order valence-electron chi connectivity index (χ3n) is 19.3. The summed E-state index contributed by atoms with van der Waals surface area (Å²) in [6, 6.07) is 50.2. The van der Waals surface area contributed by atoms with Crippen LogP contribution >= 0.6 is 0 Å². The summed E-state index contributed by atoms with van der Waals surface area (Å²) in [6.07, 6.45) is 18.2. The molecule has 12 rings (SSSR count). The van der Waals surface area contributed by atoms with E-state index < -0.39 is 5.97 Å². The number of carbonyl (C=O) groups excluding carboxylic acids is 5. The van der Waals surface area contributed by atoms with Gasteiger partial charge in [-0.25, -0.2) is 9.18 Å². The van der Waals surface area contributed by atoms with Gasteiger partial charge in [0.05, 0.1) is 41.9 Å². The molecule has 3 aliphatic carbocycles. The molecule has 0 saturated heterocycles. The fraction of sp³-hybridized carbons (Fsp3) is 0.325. The van der Waals surface area contributed by atoms with E-state index in [2.05, 4.69) is 194 Å². The van der Waals surface area contributed by atoms with E-state index in [9.17, 15) is 14.0 Å². The van der Waals surface area contributed by atoms with Gasteiger partial charge >= 0.3 is 69.7 Å². The number of carbonyl (C=O) groups is 2. The van der Waals surface area contributed by atoms with Crippen molar-refractivity contribution >= 4 is 52.8 Å². The van der Waals surface area contributed by atoms with Gasteiger partial charge in [-0.2, -0.15) is 29.7 Å². The SMILES string of the molecule is CC1(C)C(c2ccc(OC=O)cc2)=CC[C@]2(C)CN(c3ccc(C(=O)O)cc3)CC=C12.Cc1ccc(C2=CC[C@]3(C)CN(c4ccc(C#N)cc4)CC=C3C2(C)C)cc1.Cc1ccc(C2=CC[C@]3(C)C[NH2+]CC=C3C2(C)C)cc1.N#Cc1ccc(F)cc1.O=C=O.O=C=O.[Cl-].[K+].[OH-]. The van der Waals surface area contributed by atoms with Gasteiger partial charge in [0, 0.05) is 70.0 Å². The molecule has 500 valence electrons. The van der Waals surface area contributed by atoms with E-state index in [0.29, 0.717) is 34.3 Å². The number of carboxylic acid groups (broad SMARTS) is 1.